The number of H-pyrrole nitrogens is 1. The molecule has 0 bridgehead atoms. The van der Waals surface area contributed by atoms with Gasteiger partial charge in [-0.1, -0.05) is 23.9 Å². The lowest BCUT2D eigenvalue weighted by atomic mass is 10.1. The third kappa shape index (κ3) is 5.35. The maximum Gasteiger partial charge on any atom is 0.302 e. The number of nitrogens with one attached hydrogen (secondary N) is 2. The number of anilines is 1. The number of aromatic nitrogens is 2. The highest BCUT2D eigenvalue weighted by Crippen LogP contribution is 2.29. The summed E-state index contributed by atoms with van der Waals surface area (Å²) < 4.78 is 10.7. The van der Waals surface area contributed by atoms with Gasteiger partial charge in [-0.25, -0.2) is 9.99 Å². The Kier molecular flexibility index (Phi) is 6.94. The Morgan fingerprint density at radius 3 is 2.64 bits per heavy atom. The lowest BCUT2D eigenvalue weighted by Gasteiger charge is -2.23. The number of thioether (sulfide) groups is 1. The zero-order valence-corrected chi connectivity index (χ0v) is 19.0. The van der Waals surface area contributed by atoms with Crippen molar-refractivity contribution >= 4 is 34.3 Å². The topological polar surface area (TPSA) is 109 Å². The summed E-state index contributed by atoms with van der Waals surface area (Å²) in [5, 5.41) is 8.79. The van der Waals surface area contributed by atoms with Crippen molar-refractivity contribution in [2.75, 3.05) is 31.8 Å². The Bertz CT molecular complexity index is 1160. The van der Waals surface area contributed by atoms with Crippen LogP contribution in [0.4, 0.5) is 10.5 Å². The second-order valence-electron chi connectivity index (χ2n) is 7.15. The van der Waals surface area contributed by atoms with E-state index >= 15 is 0 Å². The maximum absolute atomic E-state index is 12.4. The fourth-order valence-corrected chi connectivity index (χ4v) is 4.05. The van der Waals surface area contributed by atoms with Crippen LogP contribution in [0.3, 0.4) is 0 Å². The molecule has 170 valence electrons. The van der Waals surface area contributed by atoms with Crippen molar-refractivity contribution in [2.45, 2.75) is 6.42 Å². The minimum absolute atomic E-state index is 0.0814. The number of nitrogens with zero attached hydrogens (tertiary/aromatic N) is 3. The highest BCUT2D eigenvalue weighted by atomic mass is 32.2. The second-order valence-corrected chi connectivity index (χ2v) is 8.08. The number of carbonyl (C=O) groups is 2. The first-order valence-corrected chi connectivity index (χ1v) is 11.2. The molecular weight excluding hydrogens is 442 g/mol. The molecule has 0 aliphatic carbocycles. The third-order valence-electron chi connectivity index (χ3n) is 5.06. The number of carbonyl (C=O) groups excluding carboxylic acids is 2. The van der Waals surface area contributed by atoms with Crippen molar-refractivity contribution < 1.29 is 19.1 Å². The number of benzene rings is 2. The molecule has 2 amide bonds. The fraction of sp³-hybridized carbons (Fsp3) is 0.217. The molecule has 9 nitrogen and oxygen atoms in total. The molecule has 4 rings (SSSR count). The van der Waals surface area contributed by atoms with E-state index in [0.717, 1.165) is 16.8 Å². The smallest absolute Gasteiger partial charge is 0.302 e. The summed E-state index contributed by atoms with van der Waals surface area (Å²) in [6, 6.07) is 13.1. The zero-order chi connectivity index (χ0) is 23.2. The molecule has 1 aliphatic rings. The van der Waals surface area contributed by atoms with Crippen LogP contribution < -0.4 is 14.8 Å². The van der Waals surface area contributed by atoms with Crippen molar-refractivity contribution in [1.82, 2.24) is 15.0 Å². The summed E-state index contributed by atoms with van der Waals surface area (Å²) in [7, 11) is 3.17. The molecule has 1 aromatic heterocycles. The van der Waals surface area contributed by atoms with Gasteiger partial charge in [-0.15, -0.1) is 0 Å². The number of rotatable bonds is 8. The number of amides is 2. The van der Waals surface area contributed by atoms with Gasteiger partial charge in [0.15, 0.2) is 11.5 Å². The quantitative estimate of drug-likeness (QED) is 0.524. The number of imidazole rings is 1. The SMILES string of the molecule is COc1ccc(C2=NN(CCc3ccc(NC(=O)c4c[nH]cn4)cc3)C(=O)SC2)cc1OC. The Hall–Kier alpha value is -3.79. The first-order valence-electron chi connectivity index (χ1n) is 10.2. The molecule has 2 N–H and O–H groups in total. The number of hydrogen-bond donors (Lipinski definition) is 2. The van der Waals surface area contributed by atoms with Crippen LogP contribution in [0, 0.1) is 0 Å². The minimum atomic E-state index is -0.281. The molecule has 0 saturated heterocycles. The molecule has 2 heterocycles. The molecular formula is C23H23N5O4S. The molecule has 0 fully saturated rings. The van der Waals surface area contributed by atoms with E-state index in [0.29, 0.717) is 41.6 Å². The van der Waals surface area contributed by atoms with Crippen LogP contribution in [0.1, 0.15) is 21.6 Å². The van der Waals surface area contributed by atoms with Gasteiger partial charge >= 0.3 is 5.24 Å². The highest BCUT2D eigenvalue weighted by Gasteiger charge is 2.22. The summed E-state index contributed by atoms with van der Waals surface area (Å²) in [6.45, 7) is 0.446. The average molecular weight is 466 g/mol. The normalized spacial score (nSPS) is 13.5. The molecule has 10 heteroatoms. The lowest BCUT2D eigenvalue weighted by molar-refractivity contribution is 0.102. The van der Waals surface area contributed by atoms with Crippen LogP contribution in [0.5, 0.6) is 11.5 Å². The molecule has 0 atom stereocenters. The minimum Gasteiger partial charge on any atom is -0.493 e. The van der Waals surface area contributed by atoms with Crippen LogP contribution in [0.2, 0.25) is 0 Å². The van der Waals surface area contributed by atoms with Gasteiger partial charge in [-0.3, -0.25) is 9.59 Å². The Morgan fingerprint density at radius 2 is 1.94 bits per heavy atom. The van der Waals surface area contributed by atoms with Crippen LogP contribution >= 0.6 is 11.8 Å². The predicted molar refractivity (Wildman–Crippen MR) is 127 cm³/mol. The van der Waals surface area contributed by atoms with Gasteiger partial charge in [0, 0.05) is 29.7 Å². The van der Waals surface area contributed by atoms with Gasteiger partial charge < -0.3 is 19.8 Å². The molecule has 1 aliphatic heterocycles. The number of methoxy groups -OCH3 is 2. The predicted octanol–water partition coefficient (Wildman–Crippen LogP) is 3.79. The zero-order valence-electron chi connectivity index (χ0n) is 18.2. The molecule has 0 spiro atoms. The maximum atomic E-state index is 12.4. The van der Waals surface area contributed by atoms with E-state index in [1.807, 2.05) is 42.5 Å². The summed E-state index contributed by atoms with van der Waals surface area (Å²) in [4.78, 5) is 31.2. The third-order valence-corrected chi connectivity index (χ3v) is 5.93. The largest absolute Gasteiger partial charge is 0.493 e. The van der Waals surface area contributed by atoms with Crippen molar-refractivity contribution in [3.63, 3.8) is 0 Å². The number of ether oxygens (including phenoxy) is 2. The van der Waals surface area contributed by atoms with Gasteiger partial charge in [-0.2, -0.15) is 5.10 Å². The van der Waals surface area contributed by atoms with E-state index < -0.39 is 0 Å². The number of hydrogen-bond acceptors (Lipinski definition) is 7. The van der Waals surface area contributed by atoms with Crippen molar-refractivity contribution in [2.24, 2.45) is 5.10 Å². The average Bonchev–Trinajstić information content (AvgIpc) is 3.39. The standard InChI is InChI=1S/C23H23N5O4S/c1-31-20-8-5-16(11-21(20)32-2)19-13-33-23(30)28(27-19)10-9-15-3-6-17(7-4-15)26-22(29)18-12-24-14-25-18/h3-8,11-12,14H,9-10,13H2,1-2H3,(H,24,25)(H,26,29). The van der Waals surface area contributed by atoms with E-state index in [1.54, 1.807) is 14.2 Å². The summed E-state index contributed by atoms with van der Waals surface area (Å²) in [5.74, 6) is 1.47. The number of aromatic amines is 1. The van der Waals surface area contributed by atoms with Crippen molar-refractivity contribution in [3.8, 4) is 11.5 Å². The molecule has 3 aromatic rings. The van der Waals surface area contributed by atoms with Crippen LogP contribution in [0.25, 0.3) is 0 Å². The van der Waals surface area contributed by atoms with E-state index in [9.17, 15) is 9.59 Å². The van der Waals surface area contributed by atoms with Gasteiger partial charge in [0.2, 0.25) is 0 Å². The van der Waals surface area contributed by atoms with Crippen molar-refractivity contribution in [3.05, 3.63) is 71.8 Å². The molecule has 0 unspecified atom stereocenters. The van der Waals surface area contributed by atoms with E-state index in [1.165, 1.54) is 29.3 Å². The first kappa shape index (κ1) is 22.4. The Labute approximate surface area is 195 Å². The van der Waals surface area contributed by atoms with E-state index in [2.05, 4.69) is 20.4 Å². The van der Waals surface area contributed by atoms with Gasteiger partial charge in [0.05, 0.1) is 26.3 Å². The highest BCUT2D eigenvalue weighted by molar-refractivity contribution is 8.14. The van der Waals surface area contributed by atoms with Gasteiger partial charge in [-0.05, 0) is 42.3 Å². The van der Waals surface area contributed by atoms with E-state index in [4.69, 9.17) is 9.47 Å². The number of hydrazone groups is 1. The van der Waals surface area contributed by atoms with Crippen LogP contribution in [-0.2, 0) is 6.42 Å². The van der Waals surface area contributed by atoms with Crippen LogP contribution in [-0.4, -0.2) is 58.4 Å². The van der Waals surface area contributed by atoms with Gasteiger partial charge in [0.1, 0.15) is 5.69 Å². The summed E-state index contributed by atoms with van der Waals surface area (Å²) in [5.41, 5.74) is 3.71. The van der Waals surface area contributed by atoms with Crippen molar-refractivity contribution in [1.29, 1.82) is 0 Å². The van der Waals surface area contributed by atoms with Gasteiger partial charge in [0.25, 0.3) is 5.91 Å². The first-order chi connectivity index (χ1) is 16.1. The van der Waals surface area contributed by atoms with E-state index in [-0.39, 0.29) is 11.1 Å². The molecule has 33 heavy (non-hydrogen) atoms. The molecule has 2 aromatic carbocycles. The monoisotopic (exact) mass is 465 g/mol. The van der Waals surface area contributed by atoms with Crippen LogP contribution in [0.15, 0.2) is 60.1 Å². The molecule has 0 saturated carbocycles. The lowest BCUT2D eigenvalue weighted by Crippen LogP contribution is -2.31. The summed E-state index contributed by atoms with van der Waals surface area (Å²) >= 11 is 1.22. The second kappa shape index (κ2) is 10.2. The fourth-order valence-electron chi connectivity index (χ4n) is 3.29. The Morgan fingerprint density at radius 1 is 1.15 bits per heavy atom. The molecule has 0 radical (unpaired) electrons. The Balaban J connectivity index is 1.40. The summed E-state index contributed by atoms with van der Waals surface area (Å²) in [6.07, 6.45) is 3.62.